The van der Waals surface area contributed by atoms with Crippen LogP contribution in [0.1, 0.15) is 57.1 Å². The van der Waals surface area contributed by atoms with Crippen LogP contribution in [0.3, 0.4) is 0 Å². The molecule has 148 valence electrons. The van der Waals surface area contributed by atoms with Gasteiger partial charge in [-0.1, -0.05) is 38.1 Å². The number of nitrogens with zero attached hydrogens (tertiary/aromatic N) is 2. The first-order valence-electron chi connectivity index (χ1n) is 10.7. The van der Waals surface area contributed by atoms with Gasteiger partial charge in [0.15, 0.2) is 0 Å². The number of benzene rings is 1. The van der Waals surface area contributed by atoms with Crippen LogP contribution in [0.25, 0.3) is 0 Å². The van der Waals surface area contributed by atoms with Crippen molar-refractivity contribution in [1.82, 2.24) is 9.80 Å². The lowest BCUT2D eigenvalue weighted by Gasteiger charge is -2.33. The van der Waals surface area contributed by atoms with Gasteiger partial charge in [-0.3, -0.25) is 9.59 Å². The number of rotatable bonds is 6. The van der Waals surface area contributed by atoms with E-state index in [1.54, 1.807) is 0 Å². The van der Waals surface area contributed by atoms with Crippen LogP contribution < -0.4 is 0 Å². The monoisotopic (exact) mass is 370 g/mol. The van der Waals surface area contributed by atoms with Crippen LogP contribution in [-0.4, -0.2) is 47.8 Å². The molecule has 27 heavy (non-hydrogen) atoms. The second-order valence-corrected chi connectivity index (χ2v) is 8.53. The molecule has 3 rings (SSSR count). The summed E-state index contributed by atoms with van der Waals surface area (Å²) < 4.78 is 0. The lowest BCUT2D eigenvalue weighted by atomic mass is 9.89. The highest BCUT2D eigenvalue weighted by molar-refractivity contribution is 5.78. The van der Waals surface area contributed by atoms with Gasteiger partial charge < -0.3 is 9.80 Å². The summed E-state index contributed by atoms with van der Waals surface area (Å²) in [6, 6.07) is 8.82. The maximum Gasteiger partial charge on any atom is 0.225 e. The molecule has 0 radical (unpaired) electrons. The summed E-state index contributed by atoms with van der Waals surface area (Å²) in [5.41, 5.74) is 2.63. The maximum absolute atomic E-state index is 12.2. The molecular weight excluding hydrogens is 336 g/mol. The van der Waals surface area contributed by atoms with Crippen LogP contribution in [0, 0.1) is 11.8 Å². The molecular formula is C23H34N2O2. The predicted octanol–water partition coefficient (Wildman–Crippen LogP) is 3.68. The van der Waals surface area contributed by atoms with Gasteiger partial charge in [-0.05, 0) is 55.6 Å². The number of hydrogen-bond acceptors (Lipinski definition) is 2. The molecule has 2 aliphatic rings. The van der Waals surface area contributed by atoms with Crippen LogP contribution in [-0.2, 0) is 22.4 Å². The molecule has 4 heteroatoms. The third-order valence-electron chi connectivity index (χ3n) is 6.05. The second-order valence-electron chi connectivity index (χ2n) is 8.53. The third kappa shape index (κ3) is 5.57. The van der Waals surface area contributed by atoms with E-state index >= 15 is 0 Å². The zero-order valence-electron chi connectivity index (χ0n) is 17.0. The first-order valence-corrected chi connectivity index (χ1v) is 10.7. The molecule has 0 N–H and O–H groups in total. The van der Waals surface area contributed by atoms with Gasteiger partial charge in [0.05, 0.1) is 0 Å². The average Bonchev–Trinajstić information content (AvgIpc) is 3.22. The van der Waals surface area contributed by atoms with E-state index < -0.39 is 0 Å². The topological polar surface area (TPSA) is 40.6 Å². The Hall–Kier alpha value is -1.84. The maximum atomic E-state index is 12.2. The molecule has 0 saturated carbocycles. The first-order chi connectivity index (χ1) is 13.0. The smallest absolute Gasteiger partial charge is 0.225 e. The van der Waals surface area contributed by atoms with Gasteiger partial charge in [0.1, 0.15) is 0 Å². The Morgan fingerprint density at radius 3 is 2.11 bits per heavy atom. The summed E-state index contributed by atoms with van der Waals surface area (Å²) in [6.45, 7) is 7.65. The highest BCUT2D eigenvalue weighted by Gasteiger charge is 2.24. The summed E-state index contributed by atoms with van der Waals surface area (Å²) >= 11 is 0. The van der Waals surface area contributed by atoms with Gasteiger partial charge in [-0.25, -0.2) is 0 Å². The van der Waals surface area contributed by atoms with E-state index in [0.29, 0.717) is 24.2 Å². The van der Waals surface area contributed by atoms with E-state index in [2.05, 4.69) is 24.3 Å². The molecule has 0 unspecified atom stereocenters. The fourth-order valence-electron chi connectivity index (χ4n) is 4.27. The Labute approximate surface area is 163 Å². The molecule has 1 aromatic carbocycles. The van der Waals surface area contributed by atoms with Gasteiger partial charge in [0, 0.05) is 38.5 Å². The fraction of sp³-hybridized carbons (Fsp3) is 0.652. The average molecular weight is 371 g/mol. The molecule has 0 atom stereocenters. The van der Waals surface area contributed by atoms with Crippen molar-refractivity contribution in [3.05, 3.63) is 35.4 Å². The highest BCUT2D eigenvalue weighted by atomic mass is 16.2. The van der Waals surface area contributed by atoms with Crippen molar-refractivity contribution in [2.75, 3.05) is 26.2 Å². The molecule has 2 fully saturated rings. The van der Waals surface area contributed by atoms with Gasteiger partial charge in [0.2, 0.25) is 11.8 Å². The number of aryl methyl sites for hydroxylation is 1. The van der Waals surface area contributed by atoms with Gasteiger partial charge >= 0.3 is 0 Å². The summed E-state index contributed by atoms with van der Waals surface area (Å²) in [5.74, 6) is 1.37. The Morgan fingerprint density at radius 2 is 1.52 bits per heavy atom. The van der Waals surface area contributed by atoms with E-state index in [0.717, 1.165) is 64.7 Å². The molecule has 0 aliphatic carbocycles. The van der Waals surface area contributed by atoms with Crippen LogP contribution in [0.5, 0.6) is 0 Å². The zero-order valence-corrected chi connectivity index (χ0v) is 17.0. The van der Waals surface area contributed by atoms with Gasteiger partial charge in [-0.2, -0.15) is 0 Å². The van der Waals surface area contributed by atoms with E-state index in [4.69, 9.17) is 0 Å². The minimum absolute atomic E-state index is 0.103. The number of carbonyl (C=O) groups excluding carboxylic acids is 2. The van der Waals surface area contributed by atoms with Crippen LogP contribution in [0.4, 0.5) is 0 Å². The standard InChI is InChI=1S/C23H34N2O2/c1-18(2)23(27)25-15-11-21(12-16-25)17-20-7-5-19(6-8-20)9-10-22(26)24-13-3-4-14-24/h5-8,18,21H,3-4,9-17H2,1-2H3. The van der Waals surface area contributed by atoms with E-state index in [9.17, 15) is 9.59 Å². The zero-order chi connectivity index (χ0) is 19.2. The van der Waals surface area contributed by atoms with Crippen molar-refractivity contribution in [3.8, 4) is 0 Å². The quantitative estimate of drug-likeness (QED) is 0.766. The molecule has 2 saturated heterocycles. The minimum atomic E-state index is 0.103. The molecule has 2 aliphatic heterocycles. The molecule has 2 heterocycles. The van der Waals surface area contributed by atoms with Crippen LogP contribution in [0.15, 0.2) is 24.3 Å². The van der Waals surface area contributed by atoms with Crippen molar-refractivity contribution in [2.24, 2.45) is 11.8 Å². The Morgan fingerprint density at radius 1 is 0.926 bits per heavy atom. The number of likely N-dealkylation sites (tertiary alicyclic amines) is 2. The number of amides is 2. The minimum Gasteiger partial charge on any atom is -0.343 e. The molecule has 4 nitrogen and oxygen atoms in total. The van der Waals surface area contributed by atoms with Crippen molar-refractivity contribution < 1.29 is 9.59 Å². The van der Waals surface area contributed by atoms with E-state index in [-0.39, 0.29) is 5.92 Å². The summed E-state index contributed by atoms with van der Waals surface area (Å²) in [7, 11) is 0. The molecule has 0 aromatic heterocycles. The summed E-state index contributed by atoms with van der Waals surface area (Å²) in [6.07, 6.45) is 7.08. The normalized spacial score (nSPS) is 18.3. The number of hydrogen-bond donors (Lipinski definition) is 0. The van der Waals surface area contributed by atoms with Gasteiger partial charge in [-0.15, -0.1) is 0 Å². The Balaban J connectivity index is 1.41. The van der Waals surface area contributed by atoms with Crippen molar-refractivity contribution in [1.29, 1.82) is 0 Å². The van der Waals surface area contributed by atoms with E-state index in [1.807, 2.05) is 23.6 Å². The molecule has 0 bridgehead atoms. The highest BCUT2D eigenvalue weighted by Crippen LogP contribution is 2.23. The Bertz CT molecular complexity index is 624. The Kier molecular flexibility index (Phi) is 6.92. The fourth-order valence-corrected chi connectivity index (χ4v) is 4.27. The lowest BCUT2D eigenvalue weighted by molar-refractivity contribution is -0.135. The molecule has 1 aromatic rings. The SMILES string of the molecule is CC(C)C(=O)N1CCC(Cc2ccc(CCC(=O)N3CCCC3)cc2)CC1. The second kappa shape index (κ2) is 9.38. The lowest BCUT2D eigenvalue weighted by Crippen LogP contribution is -2.40. The third-order valence-corrected chi connectivity index (χ3v) is 6.05. The van der Waals surface area contributed by atoms with Crippen LogP contribution in [0.2, 0.25) is 0 Å². The van der Waals surface area contributed by atoms with Crippen molar-refractivity contribution >= 4 is 11.8 Å². The summed E-state index contributed by atoms with van der Waals surface area (Å²) in [4.78, 5) is 28.3. The van der Waals surface area contributed by atoms with Gasteiger partial charge in [0.25, 0.3) is 0 Å². The predicted molar refractivity (Wildman–Crippen MR) is 108 cm³/mol. The first kappa shape index (κ1) is 19.9. The summed E-state index contributed by atoms with van der Waals surface area (Å²) in [5, 5.41) is 0. The number of piperidine rings is 1. The molecule has 2 amide bonds. The van der Waals surface area contributed by atoms with Crippen LogP contribution >= 0.6 is 0 Å². The van der Waals surface area contributed by atoms with Crippen molar-refractivity contribution in [3.63, 3.8) is 0 Å². The van der Waals surface area contributed by atoms with Crippen molar-refractivity contribution in [2.45, 2.75) is 58.8 Å². The van der Waals surface area contributed by atoms with E-state index in [1.165, 1.54) is 11.1 Å². The number of carbonyl (C=O) groups is 2. The molecule has 0 spiro atoms. The largest absolute Gasteiger partial charge is 0.343 e.